The molecule has 0 saturated carbocycles. The number of benzene rings is 1. The summed E-state index contributed by atoms with van der Waals surface area (Å²) >= 11 is -5.12. The molecule has 0 heterocycles. The second-order valence-electron chi connectivity index (χ2n) is 2.75. The van der Waals surface area contributed by atoms with Crippen molar-refractivity contribution in [3.63, 3.8) is 0 Å². The van der Waals surface area contributed by atoms with Gasteiger partial charge in [0, 0.05) is 0 Å². The minimum atomic E-state index is -5.12. The summed E-state index contributed by atoms with van der Waals surface area (Å²) in [5, 5.41) is 10.5. The Hall–Kier alpha value is -0.272. The Kier molecular flexibility index (Phi) is 7.11. The van der Waals surface area contributed by atoms with Crippen molar-refractivity contribution in [3.8, 4) is 0 Å². The number of ether oxygens (including phenoxy) is 1. The molecule has 1 atom stereocenters. The molecule has 0 aliphatic rings. The number of hydrogen-bond donors (Lipinski definition) is 3. The third-order valence-electron chi connectivity index (χ3n) is 1.64. The molecule has 17 heavy (non-hydrogen) atoms. The third-order valence-corrected chi connectivity index (χ3v) is 3.63. The maximum atomic E-state index is 10.8. The average molecular weight is 313 g/mol. The number of rotatable bonds is 3. The van der Waals surface area contributed by atoms with E-state index in [-0.39, 0.29) is 39.6 Å². The van der Waals surface area contributed by atoms with Crippen LogP contribution < -0.4 is 43.3 Å². The van der Waals surface area contributed by atoms with Crippen LogP contribution in [0.1, 0.15) is 0 Å². The molecule has 1 rings (SSSR count). The van der Waals surface area contributed by atoms with Gasteiger partial charge < -0.3 is 0 Å². The monoisotopic (exact) mass is 313 g/mol. The Bertz CT molecular complexity index is 417. The number of carbonyl (C=O) groups is 1. The van der Waals surface area contributed by atoms with Crippen molar-refractivity contribution >= 4 is 30.3 Å². The standard InChI is InChI=1S/C8H10AsNO6.Na/c11-5-16-8(12)10-7-3-1-6(2-4-7)9(13,14)15;/h1-4,11H,5H2,(H,10,12)(H2,13,14,15);/q;+1/p-1. The normalized spacial score (nSPS) is 13.1. The number of amides is 1. The van der Waals surface area contributed by atoms with Crippen molar-refractivity contribution in [2.75, 3.05) is 12.1 Å². The summed E-state index contributed by atoms with van der Waals surface area (Å²) in [5.41, 5.74) is 0.283. The largest absolute Gasteiger partial charge is 1.00 e. The van der Waals surface area contributed by atoms with Crippen LogP contribution in [0, 0.1) is 0 Å². The van der Waals surface area contributed by atoms with E-state index >= 15 is 0 Å². The number of hydrogen-bond acceptors (Lipinski definition) is 5. The Labute approximate surface area is 122 Å². The summed E-state index contributed by atoms with van der Waals surface area (Å²) in [6.45, 7) is -0.751. The maximum absolute atomic E-state index is 10.8. The Balaban J connectivity index is 0.00000256. The fourth-order valence-corrected chi connectivity index (χ4v) is 2.05. The smallest absolute Gasteiger partial charge is 1.00 e. The van der Waals surface area contributed by atoms with Crippen LogP contribution in [0.5, 0.6) is 0 Å². The van der Waals surface area contributed by atoms with Crippen LogP contribution in [0.2, 0.25) is 0 Å². The number of carbonyl (C=O) groups excluding carboxylic acids is 1. The fourth-order valence-electron chi connectivity index (χ4n) is 0.946. The van der Waals surface area contributed by atoms with Gasteiger partial charge >= 0.3 is 123 Å². The summed E-state index contributed by atoms with van der Waals surface area (Å²) in [4.78, 5) is 10.8. The fraction of sp³-hybridized carbons (Fsp3) is 0.125. The van der Waals surface area contributed by atoms with Gasteiger partial charge in [0.1, 0.15) is 0 Å². The molecule has 0 saturated heterocycles. The second-order valence-corrected chi connectivity index (χ2v) is 6.02. The molecular formula is C8H9AsNNaO6. The van der Waals surface area contributed by atoms with Gasteiger partial charge in [-0.05, 0) is 0 Å². The van der Waals surface area contributed by atoms with Crippen molar-refractivity contribution < 1.29 is 56.1 Å². The Morgan fingerprint density at radius 3 is 2.35 bits per heavy atom. The molecule has 1 aromatic carbocycles. The van der Waals surface area contributed by atoms with E-state index in [4.69, 9.17) is 9.20 Å². The van der Waals surface area contributed by atoms with Crippen LogP contribution in [0.15, 0.2) is 24.3 Å². The Morgan fingerprint density at radius 2 is 1.94 bits per heavy atom. The first-order valence-electron chi connectivity index (χ1n) is 4.12. The van der Waals surface area contributed by atoms with E-state index in [1.165, 1.54) is 12.1 Å². The SMILES string of the molecule is O=C(Nc1ccc([As](=O)([O-])O)cc1)OCO.[Na+]. The van der Waals surface area contributed by atoms with Crippen LogP contribution >= 0.6 is 0 Å². The van der Waals surface area contributed by atoms with Crippen LogP contribution in [0.25, 0.3) is 0 Å². The summed E-state index contributed by atoms with van der Waals surface area (Å²) in [5.74, 6) is 0. The predicted octanol–water partition coefficient (Wildman–Crippen LogP) is -4.88. The van der Waals surface area contributed by atoms with Crippen molar-refractivity contribution in [3.05, 3.63) is 24.3 Å². The molecule has 0 fully saturated rings. The predicted molar refractivity (Wildman–Crippen MR) is 51.9 cm³/mol. The van der Waals surface area contributed by atoms with Crippen LogP contribution in [0.3, 0.4) is 0 Å². The van der Waals surface area contributed by atoms with Gasteiger partial charge in [0.2, 0.25) is 0 Å². The van der Waals surface area contributed by atoms with Gasteiger partial charge in [0.15, 0.2) is 0 Å². The molecule has 1 aromatic rings. The van der Waals surface area contributed by atoms with E-state index in [1.807, 2.05) is 0 Å². The zero-order valence-electron chi connectivity index (χ0n) is 8.99. The topological polar surface area (TPSA) is 119 Å². The van der Waals surface area contributed by atoms with Gasteiger partial charge in [-0.25, -0.2) is 0 Å². The Morgan fingerprint density at radius 1 is 1.41 bits per heavy atom. The molecule has 0 spiro atoms. The number of aliphatic hydroxyl groups excluding tert-OH is 1. The summed E-state index contributed by atoms with van der Waals surface area (Å²) in [6, 6.07) is 4.88. The number of aliphatic hydroxyl groups is 1. The van der Waals surface area contributed by atoms with Gasteiger partial charge in [-0.3, -0.25) is 0 Å². The molecule has 0 aromatic heterocycles. The quantitative estimate of drug-likeness (QED) is 0.380. The zero-order chi connectivity index (χ0) is 12.2. The molecule has 7 nitrogen and oxygen atoms in total. The number of nitrogens with one attached hydrogen (secondary N) is 1. The average Bonchev–Trinajstić information content (AvgIpc) is 2.17. The molecule has 9 heteroatoms. The zero-order valence-corrected chi connectivity index (χ0v) is 12.9. The first kappa shape index (κ1) is 16.7. The molecule has 1 unspecified atom stereocenters. The molecular weight excluding hydrogens is 304 g/mol. The van der Waals surface area contributed by atoms with Crippen molar-refractivity contribution in [1.82, 2.24) is 0 Å². The van der Waals surface area contributed by atoms with E-state index in [2.05, 4.69) is 10.1 Å². The molecule has 3 N–H and O–H groups in total. The van der Waals surface area contributed by atoms with Gasteiger partial charge in [0.25, 0.3) is 0 Å². The van der Waals surface area contributed by atoms with Crippen LogP contribution in [-0.4, -0.2) is 36.3 Å². The minimum Gasteiger partial charge on any atom is 1.00 e. The molecule has 0 aliphatic carbocycles. The van der Waals surface area contributed by atoms with Crippen molar-refractivity contribution in [1.29, 1.82) is 0 Å². The maximum Gasteiger partial charge on any atom is 1.00 e. The van der Waals surface area contributed by atoms with E-state index in [1.54, 1.807) is 0 Å². The van der Waals surface area contributed by atoms with Crippen molar-refractivity contribution in [2.24, 2.45) is 0 Å². The van der Waals surface area contributed by atoms with E-state index in [0.29, 0.717) is 0 Å². The third kappa shape index (κ3) is 5.74. The van der Waals surface area contributed by atoms with Crippen LogP contribution in [-0.2, 0) is 8.48 Å². The molecule has 1 amide bonds. The summed E-state index contributed by atoms with van der Waals surface area (Å²) < 4.78 is 34.3. The van der Waals surface area contributed by atoms with Gasteiger partial charge in [-0.2, -0.15) is 0 Å². The molecule has 0 aliphatic heterocycles. The molecule has 88 valence electrons. The van der Waals surface area contributed by atoms with Gasteiger partial charge in [-0.1, -0.05) is 0 Å². The van der Waals surface area contributed by atoms with E-state index < -0.39 is 27.1 Å². The molecule has 0 radical (unpaired) electrons. The first-order chi connectivity index (χ1) is 7.43. The summed E-state index contributed by atoms with van der Waals surface area (Å²) in [6.07, 6.45) is -0.866. The molecule has 0 bridgehead atoms. The van der Waals surface area contributed by atoms with E-state index in [0.717, 1.165) is 12.1 Å². The minimum absolute atomic E-state index is 0. The summed E-state index contributed by atoms with van der Waals surface area (Å²) in [7, 11) is 0. The first-order valence-corrected chi connectivity index (χ1v) is 7.43. The van der Waals surface area contributed by atoms with E-state index in [9.17, 15) is 12.6 Å². The van der Waals surface area contributed by atoms with Gasteiger partial charge in [-0.15, -0.1) is 0 Å². The van der Waals surface area contributed by atoms with Crippen LogP contribution in [0.4, 0.5) is 10.5 Å². The second kappa shape index (κ2) is 7.23. The number of anilines is 1. The van der Waals surface area contributed by atoms with Gasteiger partial charge in [0.05, 0.1) is 0 Å². The van der Waals surface area contributed by atoms with Crippen molar-refractivity contribution in [2.45, 2.75) is 0 Å².